The zero-order valence-corrected chi connectivity index (χ0v) is 12.3. The fraction of sp³-hybridized carbons (Fsp3) is 0.533. The Morgan fingerprint density at radius 3 is 2.26 bits per heavy atom. The minimum Gasteiger partial charge on any atom is -0.324 e. The molecule has 3 N–H and O–H groups in total. The van der Waals surface area contributed by atoms with Gasteiger partial charge in [-0.1, -0.05) is 19.1 Å². The van der Waals surface area contributed by atoms with E-state index < -0.39 is 0 Å². The quantitative estimate of drug-likeness (QED) is 0.855. The Labute approximate surface area is 116 Å². The molecule has 19 heavy (non-hydrogen) atoms. The molecule has 0 saturated heterocycles. The normalized spacial score (nSPS) is 12.3. The second-order valence-corrected chi connectivity index (χ2v) is 5.13. The molecule has 1 unspecified atom stereocenters. The van der Waals surface area contributed by atoms with Crippen LogP contribution in [0, 0.1) is 0 Å². The summed E-state index contributed by atoms with van der Waals surface area (Å²) in [6.07, 6.45) is 0.954. The van der Waals surface area contributed by atoms with Gasteiger partial charge in [0.2, 0.25) is 0 Å². The largest absolute Gasteiger partial charge is 0.324 e. The zero-order valence-electron chi connectivity index (χ0n) is 12.3. The van der Waals surface area contributed by atoms with Crippen molar-refractivity contribution in [1.29, 1.82) is 0 Å². The van der Waals surface area contributed by atoms with Gasteiger partial charge in [-0.2, -0.15) is 0 Å². The number of nitrogens with one attached hydrogen (secondary N) is 1. The highest BCUT2D eigenvalue weighted by molar-refractivity contribution is 5.89. The molecule has 0 aromatic heterocycles. The number of rotatable bonds is 5. The van der Waals surface area contributed by atoms with E-state index in [-0.39, 0.29) is 18.1 Å². The fourth-order valence-electron chi connectivity index (χ4n) is 1.90. The molecule has 1 aromatic rings. The molecule has 2 amide bonds. The van der Waals surface area contributed by atoms with E-state index in [1.165, 1.54) is 0 Å². The van der Waals surface area contributed by atoms with Gasteiger partial charge in [-0.3, -0.25) is 0 Å². The lowest BCUT2D eigenvalue weighted by Gasteiger charge is -2.26. The van der Waals surface area contributed by atoms with Crippen LogP contribution in [-0.4, -0.2) is 23.5 Å². The predicted molar refractivity (Wildman–Crippen MR) is 80.2 cm³/mol. The van der Waals surface area contributed by atoms with E-state index in [0.717, 1.165) is 24.2 Å². The summed E-state index contributed by atoms with van der Waals surface area (Å²) in [4.78, 5) is 14.0. The van der Waals surface area contributed by atoms with Crippen molar-refractivity contribution >= 4 is 11.7 Å². The van der Waals surface area contributed by atoms with Crippen molar-refractivity contribution in [3.8, 4) is 0 Å². The molecule has 1 atom stereocenters. The molecule has 0 aliphatic rings. The molecule has 1 rings (SSSR count). The number of carbonyl (C=O) groups is 1. The van der Waals surface area contributed by atoms with Crippen LogP contribution in [0.3, 0.4) is 0 Å². The molecule has 106 valence electrons. The first-order chi connectivity index (χ1) is 8.95. The van der Waals surface area contributed by atoms with E-state index in [4.69, 9.17) is 5.73 Å². The second kappa shape index (κ2) is 7.14. The molecule has 0 heterocycles. The predicted octanol–water partition coefficient (Wildman–Crippen LogP) is 3.36. The van der Waals surface area contributed by atoms with Crippen molar-refractivity contribution < 1.29 is 4.79 Å². The molecular weight excluding hydrogens is 238 g/mol. The van der Waals surface area contributed by atoms with Crippen molar-refractivity contribution in [2.75, 3.05) is 11.9 Å². The van der Waals surface area contributed by atoms with Crippen molar-refractivity contribution in [2.45, 2.75) is 46.2 Å². The van der Waals surface area contributed by atoms with Gasteiger partial charge >= 0.3 is 6.03 Å². The maximum absolute atomic E-state index is 12.2. The SMILES string of the molecule is CCCN(C(=O)Nc1ccc(C(C)N)cc1)C(C)C. The van der Waals surface area contributed by atoms with E-state index in [1.807, 2.05) is 49.9 Å². The summed E-state index contributed by atoms with van der Waals surface area (Å²) >= 11 is 0. The zero-order chi connectivity index (χ0) is 14.4. The molecule has 1 aromatic carbocycles. The van der Waals surface area contributed by atoms with Crippen LogP contribution in [0.1, 0.15) is 45.7 Å². The summed E-state index contributed by atoms with van der Waals surface area (Å²) in [6, 6.07) is 7.83. The van der Waals surface area contributed by atoms with E-state index in [9.17, 15) is 4.79 Å². The summed E-state index contributed by atoms with van der Waals surface area (Å²) in [5.74, 6) is 0. The summed E-state index contributed by atoms with van der Waals surface area (Å²) < 4.78 is 0. The monoisotopic (exact) mass is 263 g/mol. The second-order valence-electron chi connectivity index (χ2n) is 5.13. The number of carbonyl (C=O) groups excluding carboxylic acids is 1. The standard InChI is InChI=1S/C15H25N3O/c1-5-10-18(11(2)3)15(19)17-14-8-6-13(7-9-14)12(4)16/h6-9,11-12H,5,10,16H2,1-4H3,(H,17,19). The van der Waals surface area contributed by atoms with E-state index in [2.05, 4.69) is 12.2 Å². The molecular formula is C15H25N3O. The van der Waals surface area contributed by atoms with Crippen LogP contribution >= 0.6 is 0 Å². The van der Waals surface area contributed by atoms with Gasteiger partial charge in [0.1, 0.15) is 0 Å². The summed E-state index contributed by atoms with van der Waals surface area (Å²) in [6.45, 7) is 8.82. The Bertz CT molecular complexity index is 398. The van der Waals surface area contributed by atoms with Gasteiger partial charge in [-0.05, 0) is 44.9 Å². The molecule has 0 saturated carbocycles. The Balaban J connectivity index is 2.69. The third-order valence-electron chi connectivity index (χ3n) is 3.04. The number of amides is 2. The van der Waals surface area contributed by atoms with Crippen LogP contribution in [-0.2, 0) is 0 Å². The average molecular weight is 263 g/mol. The molecule has 4 nitrogen and oxygen atoms in total. The smallest absolute Gasteiger partial charge is 0.322 e. The number of benzene rings is 1. The Morgan fingerprint density at radius 2 is 1.84 bits per heavy atom. The van der Waals surface area contributed by atoms with Crippen molar-refractivity contribution in [2.24, 2.45) is 5.73 Å². The number of hydrogen-bond donors (Lipinski definition) is 2. The Morgan fingerprint density at radius 1 is 1.26 bits per heavy atom. The molecule has 0 bridgehead atoms. The molecule has 0 fully saturated rings. The van der Waals surface area contributed by atoms with Crippen LogP contribution < -0.4 is 11.1 Å². The summed E-state index contributed by atoms with van der Waals surface area (Å²) in [7, 11) is 0. The average Bonchev–Trinajstić information content (AvgIpc) is 2.36. The van der Waals surface area contributed by atoms with Gasteiger partial charge in [0.15, 0.2) is 0 Å². The molecule has 0 aliphatic carbocycles. The lowest BCUT2D eigenvalue weighted by atomic mass is 10.1. The van der Waals surface area contributed by atoms with Crippen LogP contribution in [0.15, 0.2) is 24.3 Å². The van der Waals surface area contributed by atoms with Crippen LogP contribution in [0.2, 0.25) is 0 Å². The van der Waals surface area contributed by atoms with Gasteiger partial charge in [-0.25, -0.2) is 4.79 Å². The fourth-order valence-corrected chi connectivity index (χ4v) is 1.90. The lowest BCUT2D eigenvalue weighted by molar-refractivity contribution is 0.197. The Kier molecular flexibility index (Phi) is 5.83. The molecule has 0 aliphatic heterocycles. The van der Waals surface area contributed by atoms with Gasteiger partial charge in [-0.15, -0.1) is 0 Å². The van der Waals surface area contributed by atoms with Crippen molar-refractivity contribution in [3.63, 3.8) is 0 Å². The topological polar surface area (TPSA) is 58.4 Å². The van der Waals surface area contributed by atoms with Crippen molar-refractivity contribution in [1.82, 2.24) is 4.90 Å². The highest BCUT2D eigenvalue weighted by atomic mass is 16.2. The maximum atomic E-state index is 12.2. The van der Waals surface area contributed by atoms with E-state index in [0.29, 0.717) is 0 Å². The van der Waals surface area contributed by atoms with Gasteiger partial charge in [0.05, 0.1) is 0 Å². The number of anilines is 1. The first kappa shape index (κ1) is 15.5. The number of hydrogen-bond acceptors (Lipinski definition) is 2. The molecule has 0 spiro atoms. The minimum absolute atomic E-state index is 0.0111. The van der Waals surface area contributed by atoms with Crippen LogP contribution in [0.4, 0.5) is 10.5 Å². The van der Waals surface area contributed by atoms with Crippen molar-refractivity contribution in [3.05, 3.63) is 29.8 Å². The lowest BCUT2D eigenvalue weighted by Crippen LogP contribution is -2.40. The van der Waals surface area contributed by atoms with Gasteiger partial charge in [0, 0.05) is 24.3 Å². The Hall–Kier alpha value is -1.55. The van der Waals surface area contributed by atoms with Gasteiger partial charge < -0.3 is 16.0 Å². The molecule has 4 heteroatoms. The first-order valence-electron chi connectivity index (χ1n) is 6.88. The van der Waals surface area contributed by atoms with Crippen LogP contribution in [0.25, 0.3) is 0 Å². The maximum Gasteiger partial charge on any atom is 0.322 e. The highest BCUT2D eigenvalue weighted by Crippen LogP contribution is 2.15. The highest BCUT2D eigenvalue weighted by Gasteiger charge is 2.15. The third-order valence-corrected chi connectivity index (χ3v) is 3.04. The van der Waals surface area contributed by atoms with E-state index >= 15 is 0 Å². The first-order valence-corrected chi connectivity index (χ1v) is 6.88. The third kappa shape index (κ3) is 4.56. The number of nitrogens with zero attached hydrogens (tertiary/aromatic N) is 1. The number of nitrogens with two attached hydrogens (primary N) is 1. The van der Waals surface area contributed by atoms with Gasteiger partial charge in [0.25, 0.3) is 0 Å². The summed E-state index contributed by atoms with van der Waals surface area (Å²) in [5.41, 5.74) is 7.66. The van der Waals surface area contributed by atoms with Crippen LogP contribution in [0.5, 0.6) is 0 Å². The minimum atomic E-state index is -0.0506. The summed E-state index contributed by atoms with van der Waals surface area (Å²) in [5, 5.41) is 2.92. The number of urea groups is 1. The van der Waals surface area contributed by atoms with E-state index in [1.54, 1.807) is 0 Å². The molecule has 0 radical (unpaired) electrons.